The number of ether oxygens (including phenoxy) is 2. The summed E-state index contributed by atoms with van der Waals surface area (Å²) in [5, 5.41) is 5.89. The first-order valence-corrected chi connectivity index (χ1v) is 18.1. The van der Waals surface area contributed by atoms with Crippen LogP contribution >= 0.6 is 0 Å². The summed E-state index contributed by atoms with van der Waals surface area (Å²) < 4.78 is 11.5. The van der Waals surface area contributed by atoms with Crippen molar-refractivity contribution in [3.05, 3.63) is 47.0 Å². The smallest absolute Gasteiger partial charge is 0.410 e. The van der Waals surface area contributed by atoms with Crippen molar-refractivity contribution >= 4 is 29.8 Å². The van der Waals surface area contributed by atoms with Crippen LogP contribution in [0.25, 0.3) is 0 Å². The summed E-state index contributed by atoms with van der Waals surface area (Å²) in [5.41, 5.74) is 1.70. The lowest BCUT2D eigenvalue weighted by atomic mass is 9.90. The van der Waals surface area contributed by atoms with Gasteiger partial charge in [-0.3, -0.25) is 19.3 Å². The number of alkyl carbamates (subject to hydrolysis) is 1. The topological polar surface area (TPSA) is 134 Å². The standard InChI is InChI=1S/C38H52N4O7/c1-24-11-10-12-26-21-41(23-29(24)26)36(47)48-28-17-31-32(43)19-38(34(45)39-20-25-15-16-25)18-27(38)13-8-6-5-7-9-14-30(33(44)42(31)22-28)40-35(46)49-37(2,3)4/h8,10-13,25,27-28,30-31H,5-7,9,14-23H2,1-4H3,(H,39,45)(H,40,46)/b13-8-/t27-,28-,30+,31+,38-/m1/s1. The van der Waals surface area contributed by atoms with Gasteiger partial charge in [0.15, 0.2) is 5.78 Å². The Hall–Kier alpha value is -3.89. The summed E-state index contributed by atoms with van der Waals surface area (Å²) in [6, 6.07) is 4.20. The van der Waals surface area contributed by atoms with Crippen molar-refractivity contribution in [3.63, 3.8) is 0 Å². The van der Waals surface area contributed by atoms with E-state index in [9.17, 15) is 24.0 Å². The average molecular weight is 677 g/mol. The first-order valence-electron chi connectivity index (χ1n) is 18.1. The Kier molecular flexibility index (Phi) is 10.1. The van der Waals surface area contributed by atoms with Crippen LogP contribution in [0.4, 0.5) is 9.59 Å². The van der Waals surface area contributed by atoms with E-state index < -0.39 is 47.3 Å². The number of Topliss-reactive ketones (excluding diaryl/α,β-unsaturated/α-hetero) is 1. The Morgan fingerprint density at radius 1 is 1.04 bits per heavy atom. The molecule has 1 saturated heterocycles. The third kappa shape index (κ3) is 8.29. The van der Waals surface area contributed by atoms with Crippen LogP contribution in [-0.4, -0.2) is 76.5 Å². The molecular formula is C38H52N4O7. The Labute approximate surface area is 289 Å². The van der Waals surface area contributed by atoms with Gasteiger partial charge in [-0.2, -0.15) is 0 Å². The fourth-order valence-corrected chi connectivity index (χ4v) is 7.62. The van der Waals surface area contributed by atoms with E-state index in [1.165, 1.54) is 4.90 Å². The minimum Gasteiger partial charge on any atom is -0.444 e. The summed E-state index contributed by atoms with van der Waals surface area (Å²) in [6.07, 6.45) is 8.89. The molecule has 3 heterocycles. The predicted octanol–water partition coefficient (Wildman–Crippen LogP) is 5.32. The lowest BCUT2D eigenvalue weighted by molar-refractivity contribution is -0.140. The SMILES string of the molecule is Cc1cccc2c1CN(C(=O)O[C@@H]1C[C@H]3C(=O)C[C@]4(C(=O)NCC5CC5)C[C@H]4/C=C\CCCCC[C@H](NC(=O)OC(C)(C)C)C(=O)N3C1)C2. The number of benzene rings is 1. The number of hydrogen-bond donors (Lipinski definition) is 2. The third-order valence-electron chi connectivity index (χ3n) is 10.7. The molecule has 0 radical (unpaired) electrons. The zero-order valence-electron chi connectivity index (χ0n) is 29.4. The van der Waals surface area contributed by atoms with Crippen LogP contribution in [0.3, 0.4) is 0 Å². The number of nitrogens with zero attached hydrogens (tertiary/aromatic N) is 2. The number of aryl methyl sites for hydroxylation is 1. The number of hydrogen-bond acceptors (Lipinski definition) is 7. The summed E-state index contributed by atoms with van der Waals surface area (Å²) >= 11 is 0. The van der Waals surface area contributed by atoms with Gasteiger partial charge in [-0.25, -0.2) is 9.59 Å². The molecule has 0 spiro atoms. The van der Waals surface area contributed by atoms with Gasteiger partial charge in [0, 0.05) is 32.5 Å². The third-order valence-corrected chi connectivity index (χ3v) is 10.7. The van der Waals surface area contributed by atoms with E-state index >= 15 is 0 Å². The maximum Gasteiger partial charge on any atom is 0.410 e. The van der Waals surface area contributed by atoms with Crippen molar-refractivity contribution in [2.75, 3.05) is 13.1 Å². The molecule has 3 aliphatic heterocycles. The number of fused-ring (bicyclic) bond motifs is 3. The van der Waals surface area contributed by atoms with Crippen molar-refractivity contribution in [2.45, 2.75) is 129 Å². The fraction of sp³-hybridized carbons (Fsp3) is 0.658. The number of allylic oxidation sites excluding steroid dienone is 2. The second-order valence-electron chi connectivity index (χ2n) is 15.8. The summed E-state index contributed by atoms with van der Waals surface area (Å²) in [4.78, 5) is 71.8. The van der Waals surface area contributed by atoms with Crippen LogP contribution in [0.15, 0.2) is 30.4 Å². The molecule has 5 atom stereocenters. The molecule has 49 heavy (non-hydrogen) atoms. The van der Waals surface area contributed by atoms with Crippen molar-refractivity contribution in [1.29, 1.82) is 0 Å². The average Bonchev–Trinajstić information content (AvgIpc) is 3.89. The van der Waals surface area contributed by atoms with Crippen LogP contribution in [0.1, 0.15) is 102 Å². The molecule has 4 amide bonds. The zero-order chi connectivity index (χ0) is 34.9. The normalized spacial score (nSPS) is 29.5. The number of rotatable bonds is 5. The molecule has 6 rings (SSSR count). The molecule has 0 unspecified atom stereocenters. The zero-order valence-corrected chi connectivity index (χ0v) is 29.4. The molecule has 1 aromatic carbocycles. The van der Waals surface area contributed by atoms with Gasteiger partial charge in [0.2, 0.25) is 11.8 Å². The number of carbonyl (C=O) groups is 5. The fourth-order valence-electron chi connectivity index (χ4n) is 7.62. The Bertz CT molecular complexity index is 1500. The molecule has 0 bridgehead atoms. The van der Waals surface area contributed by atoms with E-state index in [1.807, 2.05) is 25.1 Å². The molecule has 0 aromatic heterocycles. The van der Waals surface area contributed by atoms with Gasteiger partial charge in [-0.15, -0.1) is 0 Å². The van der Waals surface area contributed by atoms with Crippen molar-refractivity contribution in [3.8, 4) is 0 Å². The van der Waals surface area contributed by atoms with Gasteiger partial charge in [0.25, 0.3) is 0 Å². The van der Waals surface area contributed by atoms with Gasteiger partial charge in [-0.05, 0) is 94.7 Å². The quantitative estimate of drug-likeness (QED) is 0.403. The molecule has 11 heteroatoms. The highest BCUT2D eigenvalue weighted by Crippen LogP contribution is 2.57. The highest BCUT2D eigenvalue weighted by atomic mass is 16.6. The molecule has 2 aliphatic carbocycles. The number of nitrogens with one attached hydrogen (secondary N) is 2. The van der Waals surface area contributed by atoms with E-state index in [-0.39, 0.29) is 37.0 Å². The second-order valence-corrected chi connectivity index (χ2v) is 15.8. The first kappa shape index (κ1) is 35.0. The summed E-state index contributed by atoms with van der Waals surface area (Å²) in [7, 11) is 0. The molecular weight excluding hydrogens is 624 g/mol. The number of amides is 4. The van der Waals surface area contributed by atoms with Gasteiger partial charge < -0.3 is 25.0 Å². The lowest BCUT2D eigenvalue weighted by Gasteiger charge is -2.30. The van der Waals surface area contributed by atoms with Crippen molar-refractivity contribution in [2.24, 2.45) is 17.3 Å². The van der Waals surface area contributed by atoms with Crippen LogP contribution in [0, 0.1) is 24.2 Å². The summed E-state index contributed by atoms with van der Waals surface area (Å²) in [5.74, 6) is -0.258. The lowest BCUT2D eigenvalue weighted by Crippen LogP contribution is -2.53. The van der Waals surface area contributed by atoms with Crippen LogP contribution in [0.5, 0.6) is 0 Å². The molecule has 2 N–H and O–H groups in total. The highest BCUT2D eigenvalue weighted by molar-refractivity contribution is 5.97. The predicted molar refractivity (Wildman–Crippen MR) is 182 cm³/mol. The molecule has 1 aromatic rings. The Morgan fingerprint density at radius 2 is 1.84 bits per heavy atom. The molecule has 2 saturated carbocycles. The van der Waals surface area contributed by atoms with Crippen LogP contribution < -0.4 is 10.6 Å². The van der Waals surface area contributed by atoms with Crippen molar-refractivity contribution in [1.82, 2.24) is 20.4 Å². The highest BCUT2D eigenvalue weighted by Gasteiger charge is 2.60. The van der Waals surface area contributed by atoms with Crippen LogP contribution in [-0.2, 0) is 36.9 Å². The molecule has 11 nitrogen and oxygen atoms in total. The van der Waals surface area contributed by atoms with Gasteiger partial charge in [-0.1, -0.05) is 43.2 Å². The largest absolute Gasteiger partial charge is 0.444 e. The maximum absolute atomic E-state index is 14.3. The van der Waals surface area contributed by atoms with E-state index in [4.69, 9.17) is 9.47 Å². The molecule has 5 aliphatic rings. The van der Waals surface area contributed by atoms with E-state index in [0.29, 0.717) is 44.8 Å². The van der Waals surface area contributed by atoms with E-state index in [2.05, 4.69) is 22.8 Å². The Balaban J connectivity index is 1.23. The van der Waals surface area contributed by atoms with Crippen LogP contribution in [0.2, 0.25) is 0 Å². The minimum atomic E-state index is -0.916. The monoisotopic (exact) mass is 676 g/mol. The van der Waals surface area contributed by atoms with E-state index in [0.717, 1.165) is 48.8 Å². The van der Waals surface area contributed by atoms with Gasteiger partial charge >= 0.3 is 12.2 Å². The minimum absolute atomic E-state index is 0.00150. The van der Waals surface area contributed by atoms with Gasteiger partial charge in [0.1, 0.15) is 17.7 Å². The van der Waals surface area contributed by atoms with Gasteiger partial charge in [0.05, 0.1) is 18.0 Å². The first-order chi connectivity index (χ1) is 23.3. The van der Waals surface area contributed by atoms with E-state index in [1.54, 1.807) is 25.7 Å². The number of carbonyl (C=O) groups excluding carboxylic acids is 5. The van der Waals surface area contributed by atoms with Crippen molar-refractivity contribution < 1.29 is 33.4 Å². The number of ketones is 1. The Morgan fingerprint density at radius 3 is 2.57 bits per heavy atom. The summed E-state index contributed by atoms with van der Waals surface area (Å²) in [6.45, 7) is 8.81. The molecule has 3 fully saturated rings. The maximum atomic E-state index is 14.3. The second kappa shape index (κ2) is 14.2. The molecule has 266 valence electrons.